The van der Waals surface area contributed by atoms with Crippen molar-refractivity contribution < 1.29 is 28.3 Å². The average Bonchev–Trinajstić information content (AvgIpc) is 3.72. The number of rotatable bonds is 8. The Hall–Kier alpha value is -5.72. The van der Waals surface area contributed by atoms with Crippen molar-refractivity contribution in [3.63, 3.8) is 0 Å². The fourth-order valence-electron chi connectivity index (χ4n) is 9.03. The molecule has 2 aromatic carbocycles. The van der Waals surface area contributed by atoms with Gasteiger partial charge in [-0.1, -0.05) is 12.1 Å². The number of pyridine rings is 1. The second-order valence-electron chi connectivity index (χ2n) is 16.3. The number of benzene rings is 2. The molecule has 0 radical (unpaired) electrons. The quantitative estimate of drug-likeness (QED) is 0.174. The lowest BCUT2D eigenvalue weighted by Crippen LogP contribution is -2.44. The Bertz CT molecular complexity index is 2500. The van der Waals surface area contributed by atoms with Crippen molar-refractivity contribution in [3.05, 3.63) is 87.4 Å². The molecule has 1 aliphatic carbocycles. The Balaban J connectivity index is 0.913. The van der Waals surface area contributed by atoms with Crippen LogP contribution in [0.4, 0.5) is 10.1 Å². The maximum atomic E-state index is 16.2. The molecule has 3 aromatic heterocycles. The van der Waals surface area contributed by atoms with E-state index >= 15 is 4.39 Å². The van der Waals surface area contributed by atoms with E-state index in [4.69, 9.17) is 9.40 Å². The topological polar surface area (TPSA) is 188 Å². The van der Waals surface area contributed by atoms with Crippen molar-refractivity contribution >= 4 is 45.5 Å². The Morgan fingerprint density at radius 2 is 1.89 bits per heavy atom. The molecule has 0 bridgehead atoms. The number of halogens is 1. The third-order valence-corrected chi connectivity index (χ3v) is 12.0. The first-order chi connectivity index (χ1) is 27.3. The SMILES string of the molecule is Cn1c(=O)n(C2CCC(=O)NC2=O)c2cccc([C@@H]3CCN(CC4CCC(c5nc6cc(C(C)(C)O)c(NC(=O)c7cncc(C#N)c7)cc6o5)CC4)C[C@H]3F)c21. The number of imide groups is 1. The van der Waals surface area contributed by atoms with Crippen LogP contribution in [0.1, 0.15) is 110 Å². The summed E-state index contributed by atoms with van der Waals surface area (Å²) < 4.78 is 25.4. The number of hydrogen-bond donors (Lipinski definition) is 3. The van der Waals surface area contributed by atoms with Gasteiger partial charge in [0.2, 0.25) is 11.8 Å². The van der Waals surface area contributed by atoms with Crippen LogP contribution in [0.3, 0.4) is 0 Å². The minimum absolute atomic E-state index is 0.0938. The molecule has 3 N–H and O–H groups in total. The molecule has 3 amide bonds. The van der Waals surface area contributed by atoms with Crippen LogP contribution in [-0.4, -0.2) is 72.6 Å². The second-order valence-corrected chi connectivity index (χ2v) is 16.3. The van der Waals surface area contributed by atoms with Crippen molar-refractivity contribution in [2.24, 2.45) is 13.0 Å². The smallest absolute Gasteiger partial charge is 0.329 e. The molecule has 14 nitrogen and oxygen atoms in total. The Labute approximate surface area is 327 Å². The monoisotopic (exact) mass is 776 g/mol. The highest BCUT2D eigenvalue weighted by molar-refractivity contribution is 6.05. The molecule has 0 spiro atoms. The summed E-state index contributed by atoms with van der Waals surface area (Å²) in [6.45, 7) is 5.05. The zero-order valence-corrected chi connectivity index (χ0v) is 32.1. The molecule has 2 saturated heterocycles. The third kappa shape index (κ3) is 7.35. The van der Waals surface area contributed by atoms with E-state index in [2.05, 4.69) is 20.5 Å². The van der Waals surface area contributed by atoms with Gasteiger partial charge in [-0.05, 0) is 88.6 Å². The second kappa shape index (κ2) is 15.0. The fraction of sp³-hybridized carbons (Fsp3) is 0.452. The number of carbonyl (C=O) groups excluding carboxylic acids is 3. The minimum atomic E-state index is -1.30. The first-order valence-corrected chi connectivity index (χ1v) is 19.5. The number of aromatic nitrogens is 4. The van der Waals surface area contributed by atoms with Gasteiger partial charge in [0.15, 0.2) is 11.5 Å². The van der Waals surface area contributed by atoms with Crippen LogP contribution < -0.4 is 16.3 Å². The normalized spacial score (nSPS) is 23.4. The number of nitrogens with zero attached hydrogens (tertiary/aromatic N) is 6. The molecule has 3 atom stereocenters. The highest BCUT2D eigenvalue weighted by Gasteiger charge is 2.37. The van der Waals surface area contributed by atoms with E-state index in [-0.39, 0.29) is 48.0 Å². The lowest BCUT2D eigenvalue weighted by molar-refractivity contribution is -0.135. The molecule has 1 saturated carbocycles. The highest BCUT2D eigenvalue weighted by atomic mass is 19.1. The number of amides is 3. The zero-order chi connectivity index (χ0) is 40.2. The molecule has 57 heavy (non-hydrogen) atoms. The molecule has 2 aliphatic heterocycles. The summed E-state index contributed by atoms with van der Waals surface area (Å²) >= 11 is 0. The molecular formula is C42H45FN8O6. The van der Waals surface area contributed by atoms with E-state index in [1.807, 2.05) is 18.2 Å². The van der Waals surface area contributed by atoms with Crippen LogP contribution in [0.2, 0.25) is 0 Å². The molecule has 15 heteroatoms. The molecule has 3 fully saturated rings. The van der Waals surface area contributed by atoms with Crippen LogP contribution in [-0.2, 0) is 22.2 Å². The maximum absolute atomic E-state index is 16.2. The molecule has 8 rings (SSSR count). The predicted octanol–water partition coefficient (Wildman–Crippen LogP) is 5.31. The average molecular weight is 777 g/mol. The number of nitriles is 1. The molecule has 1 unspecified atom stereocenters. The Morgan fingerprint density at radius 1 is 1.11 bits per heavy atom. The van der Waals surface area contributed by atoms with Crippen LogP contribution in [0.15, 0.2) is 58.0 Å². The molecule has 3 aliphatic rings. The number of nitrogens with one attached hydrogen (secondary N) is 2. The lowest BCUT2D eigenvalue weighted by atomic mass is 9.81. The summed E-state index contributed by atoms with van der Waals surface area (Å²) in [6, 6.07) is 11.5. The van der Waals surface area contributed by atoms with Crippen molar-refractivity contribution in [1.82, 2.24) is 29.3 Å². The van der Waals surface area contributed by atoms with Crippen LogP contribution in [0.5, 0.6) is 0 Å². The number of piperidine rings is 2. The van der Waals surface area contributed by atoms with Crippen LogP contribution in [0.25, 0.3) is 22.1 Å². The van der Waals surface area contributed by atoms with Crippen molar-refractivity contribution in [2.75, 3.05) is 25.0 Å². The van der Waals surface area contributed by atoms with E-state index in [0.29, 0.717) is 51.6 Å². The molecule has 296 valence electrons. The first-order valence-electron chi connectivity index (χ1n) is 19.5. The standard InChI is InChI=1S/C42H45FN8O6/c1-42(2,56)29-16-32-35(17-31(29)46-38(53)26-15-24(18-44)19-45-20-26)57-40(47-32)25-9-7-23(8-10-25)21-50-14-13-27(30(43)22-50)28-5-4-6-33-37(28)49(3)41(55)51(33)34-11-12-36(52)48-39(34)54/h4-6,15-17,19-20,23,25,27,30,34,56H,7-14,21-22H2,1-3H3,(H,46,53)(H,48,52,54)/t23?,25?,27-,30+,34?/m0/s1. The number of fused-ring (bicyclic) bond motifs is 2. The number of para-hydroxylation sites is 1. The number of hydrogen-bond acceptors (Lipinski definition) is 10. The number of likely N-dealkylation sites (tertiary alicyclic amines) is 1. The number of alkyl halides is 1. The van der Waals surface area contributed by atoms with E-state index in [9.17, 15) is 29.5 Å². The van der Waals surface area contributed by atoms with Gasteiger partial charge in [-0.15, -0.1) is 0 Å². The van der Waals surface area contributed by atoms with E-state index < -0.39 is 35.5 Å². The van der Waals surface area contributed by atoms with Gasteiger partial charge in [0.1, 0.15) is 23.8 Å². The van der Waals surface area contributed by atoms with Gasteiger partial charge < -0.3 is 19.7 Å². The van der Waals surface area contributed by atoms with Gasteiger partial charge in [-0.25, -0.2) is 14.2 Å². The number of imidazole rings is 1. The number of aliphatic hydroxyl groups is 1. The zero-order valence-electron chi connectivity index (χ0n) is 32.1. The summed E-state index contributed by atoms with van der Waals surface area (Å²) in [5.41, 5.74) is 2.67. The van der Waals surface area contributed by atoms with Crippen molar-refractivity contribution in [1.29, 1.82) is 5.26 Å². The van der Waals surface area contributed by atoms with Crippen LogP contribution in [0, 0.1) is 17.2 Å². The Morgan fingerprint density at radius 3 is 2.61 bits per heavy atom. The summed E-state index contributed by atoms with van der Waals surface area (Å²) in [4.78, 5) is 62.0. The van der Waals surface area contributed by atoms with Gasteiger partial charge in [-0.2, -0.15) is 5.26 Å². The van der Waals surface area contributed by atoms with Gasteiger partial charge in [-0.3, -0.25) is 33.8 Å². The highest BCUT2D eigenvalue weighted by Crippen LogP contribution is 2.41. The minimum Gasteiger partial charge on any atom is -0.440 e. The lowest BCUT2D eigenvalue weighted by Gasteiger charge is -2.38. The Kier molecular flexibility index (Phi) is 10.0. The van der Waals surface area contributed by atoms with E-state index in [0.717, 1.165) is 44.3 Å². The number of aryl methyl sites for hydroxylation is 1. The number of anilines is 1. The first kappa shape index (κ1) is 38.2. The van der Waals surface area contributed by atoms with Gasteiger partial charge in [0, 0.05) is 62.4 Å². The number of oxazole rings is 1. The van der Waals surface area contributed by atoms with E-state index in [1.54, 1.807) is 39.1 Å². The summed E-state index contributed by atoms with van der Waals surface area (Å²) in [7, 11) is 1.65. The van der Waals surface area contributed by atoms with Crippen molar-refractivity contribution in [3.8, 4) is 6.07 Å². The van der Waals surface area contributed by atoms with Gasteiger partial charge >= 0.3 is 5.69 Å². The van der Waals surface area contributed by atoms with Crippen molar-refractivity contribution in [2.45, 2.75) is 88.4 Å². The number of carbonyl (C=O) groups is 3. The molecule has 5 heterocycles. The molecular weight excluding hydrogens is 732 g/mol. The fourth-order valence-corrected chi connectivity index (χ4v) is 9.03. The van der Waals surface area contributed by atoms with Gasteiger partial charge in [0.25, 0.3) is 5.91 Å². The summed E-state index contributed by atoms with van der Waals surface area (Å²) in [6.07, 6.45) is 6.17. The predicted molar refractivity (Wildman–Crippen MR) is 208 cm³/mol. The maximum Gasteiger partial charge on any atom is 0.329 e. The molecule has 5 aromatic rings. The van der Waals surface area contributed by atoms with Gasteiger partial charge in [0.05, 0.1) is 33.4 Å². The largest absolute Gasteiger partial charge is 0.440 e. The third-order valence-electron chi connectivity index (χ3n) is 12.0. The summed E-state index contributed by atoms with van der Waals surface area (Å²) in [5, 5.41) is 25.4. The summed E-state index contributed by atoms with van der Waals surface area (Å²) in [5.74, 6) is -0.634. The van der Waals surface area contributed by atoms with E-state index in [1.165, 1.54) is 27.6 Å². The van der Waals surface area contributed by atoms with Crippen LogP contribution >= 0.6 is 0 Å².